The first-order chi connectivity index (χ1) is 12.6. The second kappa shape index (κ2) is 7.57. The van der Waals surface area contributed by atoms with Crippen molar-refractivity contribution in [2.75, 3.05) is 40.3 Å². The molecule has 0 radical (unpaired) electrons. The van der Waals surface area contributed by atoms with Gasteiger partial charge in [-0.3, -0.25) is 9.69 Å². The van der Waals surface area contributed by atoms with Crippen LogP contribution in [0, 0.1) is 5.92 Å². The first-order valence-corrected chi connectivity index (χ1v) is 10.0. The molecule has 3 aliphatic rings. The zero-order valence-corrected chi connectivity index (χ0v) is 16.1. The van der Waals surface area contributed by atoms with Gasteiger partial charge in [0, 0.05) is 43.7 Å². The number of fused-ring (bicyclic) bond motifs is 1. The summed E-state index contributed by atoms with van der Waals surface area (Å²) in [6.07, 6.45) is 4.46. The molecule has 142 valence electrons. The lowest BCUT2D eigenvalue weighted by Crippen LogP contribution is -2.50. The number of hydrogen-bond donors (Lipinski definition) is 0. The van der Waals surface area contributed by atoms with Crippen molar-refractivity contribution in [1.29, 1.82) is 0 Å². The van der Waals surface area contributed by atoms with Gasteiger partial charge in [-0.2, -0.15) is 0 Å². The number of likely N-dealkylation sites (N-methyl/N-ethyl adjacent to an activating group) is 1. The van der Waals surface area contributed by atoms with E-state index in [0.29, 0.717) is 30.5 Å². The van der Waals surface area contributed by atoms with Gasteiger partial charge >= 0.3 is 0 Å². The van der Waals surface area contributed by atoms with Crippen LogP contribution >= 0.6 is 0 Å². The van der Waals surface area contributed by atoms with Crippen molar-refractivity contribution < 1.29 is 9.53 Å². The molecule has 5 heteroatoms. The molecule has 1 saturated heterocycles. The van der Waals surface area contributed by atoms with Crippen molar-refractivity contribution >= 4 is 5.91 Å². The van der Waals surface area contributed by atoms with Gasteiger partial charge in [0.15, 0.2) is 0 Å². The number of nitrogens with zero attached hydrogens (tertiary/aromatic N) is 3. The second-order valence-corrected chi connectivity index (χ2v) is 8.37. The van der Waals surface area contributed by atoms with Gasteiger partial charge < -0.3 is 14.5 Å². The molecule has 4 rings (SSSR count). The Hall–Kier alpha value is -1.59. The molecule has 2 heterocycles. The molecule has 1 aromatic rings. The van der Waals surface area contributed by atoms with E-state index in [-0.39, 0.29) is 0 Å². The normalized spacial score (nSPS) is 26.5. The van der Waals surface area contributed by atoms with Crippen LogP contribution in [0.1, 0.15) is 31.2 Å². The lowest BCUT2D eigenvalue weighted by atomic mass is 10.1. The number of carbonyl (C=O) groups excluding carboxylic acids is 1. The lowest BCUT2D eigenvalue weighted by molar-refractivity contribution is -0.133. The Morgan fingerprint density at radius 1 is 1.19 bits per heavy atom. The van der Waals surface area contributed by atoms with Crippen LogP contribution in [0.15, 0.2) is 24.3 Å². The van der Waals surface area contributed by atoms with E-state index in [4.69, 9.17) is 4.74 Å². The fourth-order valence-corrected chi connectivity index (χ4v) is 4.37. The summed E-state index contributed by atoms with van der Waals surface area (Å²) in [5.41, 5.74) is 1.26. The summed E-state index contributed by atoms with van der Waals surface area (Å²) in [5.74, 6) is 1.74. The molecule has 1 amide bonds. The highest BCUT2D eigenvalue weighted by Gasteiger charge is 2.39. The third-order valence-electron chi connectivity index (χ3n) is 5.90. The van der Waals surface area contributed by atoms with Crippen molar-refractivity contribution in [3.63, 3.8) is 0 Å². The highest BCUT2D eigenvalue weighted by molar-refractivity contribution is 5.81. The molecule has 5 nitrogen and oxygen atoms in total. The topological polar surface area (TPSA) is 36.0 Å². The maximum absolute atomic E-state index is 12.7. The van der Waals surface area contributed by atoms with Gasteiger partial charge in [-0.05, 0) is 45.8 Å². The number of carbonyl (C=O) groups is 1. The minimum Gasteiger partial charge on any atom is -0.492 e. The molecule has 2 atom stereocenters. The predicted molar refractivity (Wildman–Crippen MR) is 102 cm³/mol. The predicted octanol–water partition coefficient (Wildman–Crippen LogP) is 2.21. The van der Waals surface area contributed by atoms with Gasteiger partial charge in [-0.15, -0.1) is 0 Å². The first kappa shape index (κ1) is 17.8. The molecule has 0 unspecified atom stereocenters. The van der Waals surface area contributed by atoms with Gasteiger partial charge in [-0.25, -0.2) is 0 Å². The van der Waals surface area contributed by atoms with E-state index >= 15 is 0 Å². The van der Waals surface area contributed by atoms with Gasteiger partial charge in [0.05, 0.1) is 6.04 Å². The van der Waals surface area contributed by atoms with E-state index in [1.807, 2.05) is 6.07 Å². The van der Waals surface area contributed by atoms with Crippen LogP contribution < -0.4 is 4.74 Å². The van der Waals surface area contributed by atoms with Gasteiger partial charge in [0.1, 0.15) is 12.4 Å². The molecular weight excluding hydrogens is 326 g/mol. The first-order valence-electron chi connectivity index (χ1n) is 10.0. The maximum Gasteiger partial charge on any atom is 0.225 e. The molecule has 0 N–H and O–H groups in total. The SMILES string of the molecule is CN(C)C[C@H]1COc2ccccc2CN1C[C@@H]1CCCN1C(=O)C1CC1. The van der Waals surface area contributed by atoms with E-state index in [0.717, 1.165) is 57.6 Å². The number of likely N-dealkylation sites (tertiary alicyclic amines) is 1. The molecule has 0 aromatic heterocycles. The Bertz CT molecular complexity index is 644. The largest absolute Gasteiger partial charge is 0.492 e. The Morgan fingerprint density at radius 2 is 2.00 bits per heavy atom. The third-order valence-corrected chi connectivity index (χ3v) is 5.90. The van der Waals surface area contributed by atoms with Crippen LogP contribution in [0.3, 0.4) is 0 Å². The van der Waals surface area contributed by atoms with E-state index in [1.165, 1.54) is 5.56 Å². The van der Waals surface area contributed by atoms with E-state index in [9.17, 15) is 4.79 Å². The third kappa shape index (κ3) is 3.89. The van der Waals surface area contributed by atoms with Crippen molar-refractivity contribution in [3.05, 3.63) is 29.8 Å². The van der Waals surface area contributed by atoms with E-state index in [2.05, 4.69) is 47.0 Å². The van der Waals surface area contributed by atoms with Crippen LogP contribution in [0.2, 0.25) is 0 Å². The van der Waals surface area contributed by atoms with Gasteiger partial charge in [0.25, 0.3) is 0 Å². The number of rotatable bonds is 5. The Balaban J connectivity index is 1.51. The molecule has 1 aromatic carbocycles. The monoisotopic (exact) mass is 357 g/mol. The summed E-state index contributed by atoms with van der Waals surface area (Å²) in [4.78, 5) is 19.6. The number of benzene rings is 1. The highest BCUT2D eigenvalue weighted by Crippen LogP contribution is 2.34. The summed E-state index contributed by atoms with van der Waals surface area (Å²) < 4.78 is 6.13. The molecule has 26 heavy (non-hydrogen) atoms. The minimum absolute atomic E-state index is 0.321. The molecule has 2 aliphatic heterocycles. The summed E-state index contributed by atoms with van der Waals surface area (Å²) in [7, 11) is 4.24. The van der Waals surface area contributed by atoms with Gasteiger partial charge in [-0.1, -0.05) is 18.2 Å². The molecule has 1 aliphatic carbocycles. The van der Waals surface area contributed by atoms with Crippen molar-refractivity contribution in [2.45, 2.75) is 44.3 Å². The van der Waals surface area contributed by atoms with Crippen LogP contribution in [0.4, 0.5) is 0 Å². The summed E-state index contributed by atoms with van der Waals surface area (Å²) >= 11 is 0. The fourth-order valence-electron chi connectivity index (χ4n) is 4.37. The molecule has 1 saturated carbocycles. The van der Waals surface area contributed by atoms with Crippen molar-refractivity contribution in [1.82, 2.24) is 14.7 Å². The Kier molecular flexibility index (Phi) is 5.18. The van der Waals surface area contributed by atoms with E-state index < -0.39 is 0 Å². The minimum atomic E-state index is 0.321. The molecule has 0 spiro atoms. The number of amides is 1. The highest BCUT2D eigenvalue weighted by atomic mass is 16.5. The molecular formula is C21H31N3O2. The number of para-hydroxylation sites is 1. The quantitative estimate of drug-likeness (QED) is 0.810. The number of ether oxygens (including phenoxy) is 1. The fraction of sp³-hybridized carbons (Fsp3) is 0.667. The van der Waals surface area contributed by atoms with Gasteiger partial charge in [0.2, 0.25) is 5.91 Å². The lowest BCUT2D eigenvalue weighted by Gasteiger charge is -2.35. The average Bonchev–Trinajstić information content (AvgIpc) is 3.39. The summed E-state index contributed by atoms with van der Waals surface area (Å²) in [6.45, 7) is 4.47. The number of hydrogen-bond acceptors (Lipinski definition) is 4. The standard InChI is InChI=1S/C21H31N3O2/c1-22(2)13-19-15-26-20-8-4-3-6-17(20)12-23(19)14-18-7-5-11-24(18)21(25)16-9-10-16/h3-4,6,8,16,18-19H,5,7,9-15H2,1-2H3/t18-,19-/m0/s1. The van der Waals surface area contributed by atoms with E-state index in [1.54, 1.807) is 0 Å². The van der Waals surface area contributed by atoms with Crippen LogP contribution in [0.5, 0.6) is 5.75 Å². The summed E-state index contributed by atoms with van der Waals surface area (Å²) in [6, 6.07) is 9.08. The zero-order valence-electron chi connectivity index (χ0n) is 16.1. The zero-order chi connectivity index (χ0) is 18.1. The van der Waals surface area contributed by atoms with Crippen LogP contribution in [-0.4, -0.2) is 73.0 Å². The van der Waals surface area contributed by atoms with Crippen LogP contribution in [-0.2, 0) is 11.3 Å². The smallest absolute Gasteiger partial charge is 0.225 e. The molecule has 2 fully saturated rings. The van der Waals surface area contributed by atoms with Crippen molar-refractivity contribution in [3.8, 4) is 5.75 Å². The Morgan fingerprint density at radius 3 is 2.77 bits per heavy atom. The summed E-state index contributed by atoms with van der Waals surface area (Å²) in [5, 5.41) is 0. The van der Waals surface area contributed by atoms with Crippen LogP contribution in [0.25, 0.3) is 0 Å². The molecule has 0 bridgehead atoms. The average molecular weight is 357 g/mol. The van der Waals surface area contributed by atoms with Crippen molar-refractivity contribution in [2.24, 2.45) is 5.92 Å². The second-order valence-electron chi connectivity index (χ2n) is 8.37. The maximum atomic E-state index is 12.7. The Labute approximate surface area is 156 Å².